The van der Waals surface area contributed by atoms with Crippen LogP contribution in [0.15, 0.2) is 36.7 Å². The largest absolute Gasteiger partial charge is 0.496 e. The summed E-state index contributed by atoms with van der Waals surface area (Å²) >= 11 is 0. The molecule has 0 atom stereocenters. The van der Waals surface area contributed by atoms with Crippen LogP contribution in [-0.2, 0) is 23.7 Å². The molecular formula is C18H25N3O2. The lowest BCUT2D eigenvalue weighted by atomic mass is 9.84. The quantitative estimate of drug-likeness (QED) is 0.854. The second kappa shape index (κ2) is 7.31. The molecule has 0 fully saturated rings. The van der Waals surface area contributed by atoms with E-state index in [4.69, 9.17) is 4.74 Å². The van der Waals surface area contributed by atoms with E-state index >= 15 is 0 Å². The Hall–Kier alpha value is -2.30. The SMILES string of the molecule is COc1ccccc1C(C)(C)CNC(=O)CCc1cnn(C)c1. The number of hydrogen-bond donors (Lipinski definition) is 1. The van der Waals surface area contributed by atoms with E-state index in [1.807, 2.05) is 37.5 Å². The van der Waals surface area contributed by atoms with Crippen LogP contribution in [0.1, 0.15) is 31.4 Å². The summed E-state index contributed by atoms with van der Waals surface area (Å²) in [5.74, 6) is 0.902. The van der Waals surface area contributed by atoms with Crippen LogP contribution >= 0.6 is 0 Å². The van der Waals surface area contributed by atoms with Gasteiger partial charge in [-0.25, -0.2) is 0 Å². The zero-order valence-corrected chi connectivity index (χ0v) is 14.3. The number of ether oxygens (including phenoxy) is 1. The number of para-hydroxylation sites is 1. The van der Waals surface area contributed by atoms with Gasteiger partial charge in [-0.05, 0) is 18.1 Å². The van der Waals surface area contributed by atoms with Gasteiger partial charge >= 0.3 is 0 Å². The van der Waals surface area contributed by atoms with Crippen LogP contribution in [0.5, 0.6) is 5.75 Å². The normalized spacial score (nSPS) is 11.3. The smallest absolute Gasteiger partial charge is 0.220 e. The lowest BCUT2D eigenvalue weighted by Crippen LogP contribution is -2.37. The number of amides is 1. The maximum atomic E-state index is 12.1. The molecule has 23 heavy (non-hydrogen) atoms. The van der Waals surface area contributed by atoms with Crippen molar-refractivity contribution in [3.63, 3.8) is 0 Å². The van der Waals surface area contributed by atoms with E-state index < -0.39 is 0 Å². The van der Waals surface area contributed by atoms with E-state index in [1.54, 1.807) is 18.0 Å². The average Bonchev–Trinajstić information content (AvgIpc) is 2.96. The van der Waals surface area contributed by atoms with Crippen LogP contribution in [0.25, 0.3) is 0 Å². The van der Waals surface area contributed by atoms with Gasteiger partial charge in [0.1, 0.15) is 5.75 Å². The third kappa shape index (κ3) is 4.58. The number of benzene rings is 1. The number of aryl methyl sites for hydroxylation is 2. The van der Waals surface area contributed by atoms with Crippen LogP contribution in [0, 0.1) is 0 Å². The maximum Gasteiger partial charge on any atom is 0.220 e. The minimum atomic E-state index is -0.198. The van der Waals surface area contributed by atoms with E-state index in [0.29, 0.717) is 19.4 Å². The highest BCUT2D eigenvalue weighted by Gasteiger charge is 2.24. The Morgan fingerprint density at radius 1 is 1.35 bits per heavy atom. The molecule has 2 aromatic rings. The van der Waals surface area contributed by atoms with Crippen molar-refractivity contribution in [2.75, 3.05) is 13.7 Å². The van der Waals surface area contributed by atoms with Crippen molar-refractivity contribution in [2.45, 2.75) is 32.1 Å². The van der Waals surface area contributed by atoms with Crippen molar-refractivity contribution in [2.24, 2.45) is 7.05 Å². The maximum absolute atomic E-state index is 12.1. The van der Waals surface area contributed by atoms with Gasteiger partial charge in [0.05, 0.1) is 13.3 Å². The highest BCUT2D eigenvalue weighted by molar-refractivity contribution is 5.76. The molecule has 0 unspecified atom stereocenters. The summed E-state index contributed by atoms with van der Waals surface area (Å²) in [4.78, 5) is 12.1. The van der Waals surface area contributed by atoms with Gasteiger partial charge in [-0.3, -0.25) is 9.48 Å². The zero-order valence-electron chi connectivity index (χ0n) is 14.3. The van der Waals surface area contributed by atoms with Crippen molar-refractivity contribution >= 4 is 5.91 Å². The molecule has 1 heterocycles. The third-order valence-corrected chi connectivity index (χ3v) is 3.96. The highest BCUT2D eigenvalue weighted by Crippen LogP contribution is 2.30. The minimum Gasteiger partial charge on any atom is -0.496 e. The van der Waals surface area contributed by atoms with E-state index in [9.17, 15) is 4.79 Å². The summed E-state index contributed by atoms with van der Waals surface area (Å²) < 4.78 is 7.17. The van der Waals surface area contributed by atoms with E-state index in [1.165, 1.54) is 0 Å². The van der Waals surface area contributed by atoms with Gasteiger partial charge in [-0.1, -0.05) is 32.0 Å². The molecule has 0 spiro atoms. The predicted molar refractivity (Wildman–Crippen MR) is 90.6 cm³/mol. The number of hydrogen-bond acceptors (Lipinski definition) is 3. The van der Waals surface area contributed by atoms with Crippen molar-refractivity contribution < 1.29 is 9.53 Å². The Bertz CT molecular complexity index is 662. The molecule has 0 radical (unpaired) electrons. The molecule has 0 aliphatic carbocycles. The van der Waals surface area contributed by atoms with Gasteiger partial charge in [-0.15, -0.1) is 0 Å². The van der Waals surface area contributed by atoms with Crippen LogP contribution in [0.2, 0.25) is 0 Å². The Kier molecular flexibility index (Phi) is 5.42. The molecule has 2 rings (SSSR count). The summed E-state index contributed by atoms with van der Waals surface area (Å²) in [6, 6.07) is 7.93. The molecule has 1 amide bonds. The summed E-state index contributed by atoms with van der Waals surface area (Å²) in [6.45, 7) is 4.78. The van der Waals surface area contributed by atoms with E-state index in [0.717, 1.165) is 16.9 Å². The molecule has 5 heteroatoms. The molecule has 0 aliphatic rings. The number of nitrogens with one attached hydrogen (secondary N) is 1. The number of methoxy groups -OCH3 is 1. The molecule has 1 aromatic heterocycles. The van der Waals surface area contributed by atoms with E-state index in [-0.39, 0.29) is 11.3 Å². The topological polar surface area (TPSA) is 56.1 Å². The fourth-order valence-electron chi connectivity index (χ4n) is 2.57. The lowest BCUT2D eigenvalue weighted by Gasteiger charge is -2.27. The lowest BCUT2D eigenvalue weighted by molar-refractivity contribution is -0.121. The molecule has 1 N–H and O–H groups in total. The van der Waals surface area contributed by atoms with E-state index in [2.05, 4.69) is 24.3 Å². The predicted octanol–water partition coefficient (Wildman–Crippen LogP) is 2.46. The number of carbonyl (C=O) groups is 1. The Morgan fingerprint density at radius 3 is 2.74 bits per heavy atom. The standard InChI is InChI=1S/C18H25N3O2/c1-18(2,15-7-5-6-8-16(15)23-4)13-19-17(22)10-9-14-11-20-21(3)12-14/h5-8,11-12H,9-10,13H2,1-4H3,(H,19,22). The van der Waals surface area contributed by atoms with Gasteiger partial charge in [0.15, 0.2) is 0 Å². The fraction of sp³-hybridized carbons (Fsp3) is 0.444. The summed E-state index contributed by atoms with van der Waals surface area (Å²) in [6.07, 6.45) is 4.90. The average molecular weight is 315 g/mol. The van der Waals surface area contributed by atoms with Crippen molar-refractivity contribution in [3.8, 4) is 5.75 Å². The van der Waals surface area contributed by atoms with Crippen LogP contribution in [-0.4, -0.2) is 29.3 Å². The molecule has 0 bridgehead atoms. The second-order valence-corrected chi connectivity index (χ2v) is 6.38. The first-order valence-electron chi connectivity index (χ1n) is 7.80. The Balaban J connectivity index is 1.89. The van der Waals surface area contributed by atoms with Gasteiger partial charge in [0.25, 0.3) is 0 Å². The van der Waals surface area contributed by atoms with Gasteiger partial charge in [-0.2, -0.15) is 5.10 Å². The van der Waals surface area contributed by atoms with Crippen LogP contribution < -0.4 is 10.1 Å². The number of rotatable bonds is 7. The molecule has 0 saturated heterocycles. The Morgan fingerprint density at radius 2 is 2.09 bits per heavy atom. The van der Waals surface area contributed by atoms with Crippen molar-refractivity contribution in [1.82, 2.24) is 15.1 Å². The second-order valence-electron chi connectivity index (χ2n) is 6.38. The number of aromatic nitrogens is 2. The van der Waals surface area contributed by atoms with Gasteiger partial charge in [0, 0.05) is 37.2 Å². The first-order chi connectivity index (χ1) is 10.9. The minimum absolute atomic E-state index is 0.0526. The highest BCUT2D eigenvalue weighted by atomic mass is 16.5. The summed E-state index contributed by atoms with van der Waals surface area (Å²) in [7, 11) is 3.54. The summed E-state index contributed by atoms with van der Waals surface area (Å²) in [5.41, 5.74) is 1.97. The van der Waals surface area contributed by atoms with Gasteiger partial charge < -0.3 is 10.1 Å². The van der Waals surface area contributed by atoms with Crippen molar-refractivity contribution in [3.05, 3.63) is 47.8 Å². The number of carbonyl (C=O) groups excluding carboxylic acids is 1. The first-order valence-corrected chi connectivity index (χ1v) is 7.80. The monoisotopic (exact) mass is 315 g/mol. The molecule has 5 nitrogen and oxygen atoms in total. The first kappa shape index (κ1) is 17.1. The number of nitrogens with zero attached hydrogens (tertiary/aromatic N) is 2. The molecular weight excluding hydrogens is 290 g/mol. The Labute approximate surface area is 137 Å². The van der Waals surface area contributed by atoms with Gasteiger partial charge in [0.2, 0.25) is 5.91 Å². The fourth-order valence-corrected chi connectivity index (χ4v) is 2.57. The summed E-state index contributed by atoms with van der Waals surface area (Å²) in [5, 5.41) is 7.14. The van der Waals surface area contributed by atoms with Crippen LogP contribution in [0.4, 0.5) is 0 Å². The molecule has 1 aromatic carbocycles. The van der Waals surface area contributed by atoms with Crippen molar-refractivity contribution in [1.29, 1.82) is 0 Å². The third-order valence-electron chi connectivity index (χ3n) is 3.96. The van der Waals surface area contributed by atoms with Crippen LogP contribution in [0.3, 0.4) is 0 Å². The molecule has 124 valence electrons. The molecule has 0 aliphatic heterocycles. The molecule has 0 saturated carbocycles. The zero-order chi connectivity index (χ0) is 16.9.